The van der Waals surface area contributed by atoms with Gasteiger partial charge in [-0.3, -0.25) is 14.5 Å². The molecular weight excluding hydrogens is 454 g/mol. The molecule has 9 heteroatoms. The van der Waals surface area contributed by atoms with Crippen molar-refractivity contribution in [1.29, 1.82) is 0 Å². The van der Waals surface area contributed by atoms with Crippen molar-refractivity contribution in [3.8, 4) is 5.75 Å². The number of amides is 2. The molecule has 2 aromatic rings. The zero-order valence-corrected chi connectivity index (χ0v) is 20.6. The summed E-state index contributed by atoms with van der Waals surface area (Å²) in [7, 11) is -2.42. The third kappa shape index (κ3) is 4.54. The van der Waals surface area contributed by atoms with Gasteiger partial charge in [0, 0.05) is 18.3 Å². The van der Waals surface area contributed by atoms with Gasteiger partial charge in [0.15, 0.2) is 0 Å². The number of sulfonamides is 1. The molecule has 1 atom stereocenters. The summed E-state index contributed by atoms with van der Waals surface area (Å²) in [4.78, 5) is 28.6. The number of ether oxygens (including phenoxy) is 1. The Bertz CT molecular complexity index is 1160. The molecule has 1 heterocycles. The summed E-state index contributed by atoms with van der Waals surface area (Å²) in [5, 5.41) is 3.07. The second-order valence-corrected chi connectivity index (χ2v) is 11.2. The van der Waals surface area contributed by atoms with E-state index in [9.17, 15) is 18.0 Å². The third-order valence-electron chi connectivity index (χ3n) is 6.71. The predicted octanol–water partition coefficient (Wildman–Crippen LogP) is 2.86. The molecule has 1 aliphatic heterocycles. The van der Waals surface area contributed by atoms with Crippen LogP contribution in [0.5, 0.6) is 5.75 Å². The van der Waals surface area contributed by atoms with E-state index in [1.54, 1.807) is 50.4 Å². The average molecular weight is 486 g/mol. The maximum atomic E-state index is 13.6. The van der Waals surface area contributed by atoms with Crippen LogP contribution in [-0.2, 0) is 19.6 Å². The third-order valence-corrected chi connectivity index (χ3v) is 8.51. The Hall–Kier alpha value is -2.91. The van der Waals surface area contributed by atoms with E-state index in [2.05, 4.69) is 5.32 Å². The Morgan fingerprint density at radius 3 is 2.26 bits per heavy atom. The number of rotatable bonds is 6. The molecule has 182 valence electrons. The van der Waals surface area contributed by atoms with Gasteiger partial charge in [0.25, 0.3) is 0 Å². The van der Waals surface area contributed by atoms with E-state index in [4.69, 9.17) is 4.74 Å². The summed E-state index contributed by atoms with van der Waals surface area (Å²) in [6, 6.07) is 13.4. The second kappa shape index (κ2) is 9.38. The lowest BCUT2D eigenvalue weighted by Crippen LogP contribution is -2.70. The standard InChI is InChI=1S/C25H31N3O5S/c1-18-8-14-22(15-9-18)34(31,32)27-16-23(29)28(20-10-12-21(33-3)13-11-20)25(2,17-27)24(30)26-19-6-4-5-7-19/h8-15,19H,4-7,16-17H2,1-3H3,(H,26,30). The van der Waals surface area contributed by atoms with Gasteiger partial charge in [0.05, 0.1) is 18.6 Å². The largest absolute Gasteiger partial charge is 0.497 e. The highest BCUT2D eigenvalue weighted by Crippen LogP contribution is 2.33. The molecule has 1 saturated heterocycles. The van der Waals surface area contributed by atoms with Crippen LogP contribution in [0.2, 0.25) is 0 Å². The number of hydrogen-bond donors (Lipinski definition) is 1. The Balaban J connectivity index is 1.72. The Morgan fingerprint density at radius 2 is 1.68 bits per heavy atom. The monoisotopic (exact) mass is 485 g/mol. The van der Waals surface area contributed by atoms with Crippen LogP contribution in [0.4, 0.5) is 5.69 Å². The highest BCUT2D eigenvalue weighted by molar-refractivity contribution is 7.89. The number of methoxy groups -OCH3 is 1. The molecule has 1 unspecified atom stereocenters. The van der Waals surface area contributed by atoms with Crippen LogP contribution in [-0.4, -0.2) is 56.3 Å². The predicted molar refractivity (Wildman–Crippen MR) is 129 cm³/mol. The first-order chi connectivity index (χ1) is 16.1. The molecule has 4 rings (SSSR count). The SMILES string of the molecule is COc1ccc(N2C(=O)CN(S(=O)(=O)c3ccc(C)cc3)CC2(C)C(=O)NC2CCCC2)cc1. The molecule has 1 aliphatic carbocycles. The molecule has 2 aromatic carbocycles. The zero-order valence-electron chi connectivity index (χ0n) is 19.8. The zero-order chi connectivity index (χ0) is 24.5. The average Bonchev–Trinajstić information content (AvgIpc) is 3.32. The van der Waals surface area contributed by atoms with Crippen molar-refractivity contribution < 1.29 is 22.7 Å². The Morgan fingerprint density at radius 1 is 1.06 bits per heavy atom. The normalized spacial score (nSPS) is 22.1. The molecule has 1 N–H and O–H groups in total. The number of anilines is 1. The van der Waals surface area contributed by atoms with E-state index < -0.39 is 21.5 Å². The lowest BCUT2D eigenvalue weighted by Gasteiger charge is -2.47. The first-order valence-corrected chi connectivity index (χ1v) is 12.9. The first kappa shape index (κ1) is 24.2. The minimum absolute atomic E-state index is 0.0289. The molecule has 34 heavy (non-hydrogen) atoms. The number of piperazine rings is 1. The summed E-state index contributed by atoms with van der Waals surface area (Å²) in [5.41, 5.74) is 0.0203. The number of carbonyl (C=O) groups is 2. The van der Waals surface area contributed by atoms with Gasteiger partial charge >= 0.3 is 0 Å². The molecule has 0 aromatic heterocycles. The van der Waals surface area contributed by atoms with Gasteiger partial charge in [0.1, 0.15) is 11.3 Å². The van der Waals surface area contributed by atoms with E-state index in [1.165, 1.54) is 17.0 Å². The fourth-order valence-corrected chi connectivity index (χ4v) is 6.22. The minimum Gasteiger partial charge on any atom is -0.497 e. The van der Waals surface area contributed by atoms with E-state index in [0.29, 0.717) is 11.4 Å². The lowest BCUT2D eigenvalue weighted by molar-refractivity contribution is -0.133. The Kier molecular flexibility index (Phi) is 6.69. The van der Waals surface area contributed by atoms with Gasteiger partial charge in [-0.2, -0.15) is 4.31 Å². The van der Waals surface area contributed by atoms with Crippen LogP contribution in [0.1, 0.15) is 38.2 Å². The van der Waals surface area contributed by atoms with E-state index >= 15 is 0 Å². The van der Waals surface area contributed by atoms with Crippen molar-refractivity contribution in [3.63, 3.8) is 0 Å². The highest BCUT2D eigenvalue weighted by atomic mass is 32.2. The van der Waals surface area contributed by atoms with Crippen LogP contribution in [0.3, 0.4) is 0 Å². The molecule has 0 radical (unpaired) electrons. The maximum Gasteiger partial charge on any atom is 0.247 e. The lowest BCUT2D eigenvalue weighted by atomic mass is 9.94. The smallest absolute Gasteiger partial charge is 0.247 e. The fraction of sp³-hybridized carbons (Fsp3) is 0.440. The van der Waals surface area contributed by atoms with E-state index in [0.717, 1.165) is 35.6 Å². The number of nitrogens with one attached hydrogen (secondary N) is 1. The fourth-order valence-electron chi connectivity index (χ4n) is 4.74. The molecule has 2 amide bonds. The summed E-state index contributed by atoms with van der Waals surface area (Å²) in [6.45, 7) is 3.00. The second-order valence-electron chi connectivity index (χ2n) is 9.24. The first-order valence-electron chi connectivity index (χ1n) is 11.5. The topological polar surface area (TPSA) is 96.0 Å². The number of benzene rings is 2. The molecule has 1 saturated carbocycles. The minimum atomic E-state index is -3.97. The quantitative estimate of drug-likeness (QED) is 0.679. The molecular formula is C25H31N3O5S. The van der Waals surface area contributed by atoms with Crippen molar-refractivity contribution in [2.24, 2.45) is 0 Å². The summed E-state index contributed by atoms with van der Waals surface area (Å²) in [6.07, 6.45) is 3.83. The molecule has 0 spiro atoms. The van der Waals surface area contributed by atoms with Crippen molar-refractivity contribution in [2.45, 2.75) is 56.0 Å². The van der Waals surface area contributed by atoms with Crippen molar-refractivity contribution >= 4 is 27.5 Å². The van der Waals surface area contributed by atoms with Crippen LogP contribution >= 0.6 is 0 Å². The Labute approximate surface area is 200 Å². The summed E-state index contributed by atoms with van der Waals surface area (Å²) >= 11 is 0. The van der Waals surface area contributed by atoms with Crippen molar-refractivity contribution in [2.75, 3.05) is 25.1 Å². The number of hydrogen-bond acceptors (Lipinski definition) is 5. The van der Waals surface area contributed by atoms with E-state index in [1.807, 2.05) is 6.92 Å². The van der Waals surface area contributed by atoms with Gasteiger partial charge in [-0.25, -0.2) is 8.42 Å². The number of aryl methyl sites for hydroxylation is 1. The number of carbonyl (C=O) groups excluding carboxylic acids is 2. The van der Waals surface area contributed by atoms with E-state index in [-0.39, 0.29) is 29.9 Å². The maximum absolute atomic E-state index is 13.6. The van der Waals surface area contributed by atoms with Gasteiger partial charge in [-0.15, -0.1) is 0 Å². The molecule has 2 aliphatic rings. The van der Waals surface area contributed by atoms with Gasteiger partial charge in [0.2, 0.25) is 21.8 Å². The highest BCUT2D eigenvalue weighted by Gasteiger charge is 2.51. The van der Waals surface area contributed by atoms with Crippen molar-refractivity contribution in [3.05, 3.63) is 54.1 Å². The molecule has 0 bridgehead atoms. The van der Waals surface area contributed by atoms with Crippen LogP contribution in [0.15, 0.2) is 53.4 Å². The van der Waals surface area contributed by atoms with Crippen LogP contribution < -0.4 is 15.0 Å². The number of nitrogens with zero attached hydrogens (tertiary/aromatic N) is 2. The van der Waals surface area contributed by atoms with Crippen molar-refractivity contribution in [1.82, 2.24) is 9.62 Å². The van der Waals surface area contributed by atoms with Crippen LogP contribution in [0.25, 0.3) is 0 Å². The summed E-state index contributed by atoms with van der Waals surface area (Å²) in [5.74, 6) is -0.197. The molecule has 8 nitrogen and oxygen atoms in total. The van der Waals surface area contributed by atoms with Gasteiger partial charge in [-0.1, -0.05) is 30.5 Å². The molecule has 2 fully saturated rings. The van der Waals surface area contributed by atoms with Gasteiger partial charge in [-0.05, 0) is 63.1 Å². The van der Waals surface area contributed by atoms with Crippen LogP contribution in [0, 0.1) is 6.92 Å². The van der Waals surface area contributed by atoms with Gasteiger partial charge < -0.3 is 10.1 Å². The summed E-state index contributed by atoms with van der Waals surface area (Å²) < 4.78 is 33.2.